The van der Waals surface area contributed by atoms with Crippen LogP contribution in [-0.4, -0.2) is 28.6 Å². The normalized spacial score (nSPS) is 11.0. The van der Waals surface area contributed by atoms with E-state index < -0.39 is 27.1 Å². The molecule has 2 aromatic rings. The topological polar surface area (TPSA) is 137 Å². The van der Waals surface area contributed by atoms with Crippen molar-refractivity contribution in [1.82, 2.24) is 5.43 Å². The predicted molar refractivity (Wildman–Crippen MR) is 96.8 cm³/mol. The largest absolute Gasteiger partial charge is 0.497 e. The summed E-state index contributed by atoms with van der Waals surface area (Å²) in [6.45, 7) is 1.69. The molecule has 2 rings (SSSR count). The molecule has 1 N–H and O–H groups in total. The average molecular weight is 372 g/mol. The van der Waals surface area contributed by atoms with E-state index >= 15 is 0 Å². The first-order valence-corrected chi connectivity index (χ1v) is 7.71. The van der Waals surface area contributed by atoms with Gasteiger partial charge in [-0.05, 0) is 42.8 Å². The summed E-state index contributed by atoms with van der Waals surface area (Å²) in [6.07, 6.45) is -0.340. The number of non-ortho nitro benzene ring substituents is 1. The fourth-order valence-corrected chi connectivity index (χ4v) is 2.24. The number of hydrazone groups is 1. The third-order valence-electron chi connectivity index (χ3n) is 3.68. The van der Waals surface area contributed by atoms with E-state index in [4.69, 9.17) is 4.74 Å². The number of hydrogen-bond donors (Lipinski definition) is 1. The number of carbonyl (C=O) groups is 1. The van der Waals surface area contributed by atoms with E-state index in [-0.39, 0.29) is 12.0 Å². The van der Waals surface area contributed by atoms with Gasteiger partial charge in [0.15, 0.2) is 0 Å². The number of benzene rings is 2. The summed E-state index contributed by atoms with van der Waals surface area (Å²) in [7, 11) is 1.55. The monoisotopic (exact) mass is 372 g/mol. The quantitative estimate of drug-likeness (QED) is 0.450. The molecule has 0 atom stereocenters. The lowest BCUT2D eigenvalue weighted by atomic mass is 10.1. The zero-order chi connectivity index (χ0) is 20.0. The minimum atomic E-state index is -0.762. The number of rotatable bonds is 7. The molecule has 0 bridgehead atoms. The van der Waals surface area contributed by atoms with Gasteiger partial charge in [-0.3, -0.25) is 25.0 Å². The Kier molecular flexibility index (Phi) is 6.15. The molecule has 0 heterocycles. The highest BCUT2D eigenvalue weighted by molar-refractivity contribution is 5.99. The van der Waals surface area contributed by atoms with E-state index in [9.17, 15) is 25.0 Å². The number of hydrogen-bond acceptors (Lipinski definition) is 7. The SMILES string of the molecule is COc1ccc(C(C)=NNC(=O)Cc2ccc([N+](=O)[O-])cc2[N+](=O)[O-])cc1. The first-order valence-electron chi connectivity index (χ1n) is 7.71. The third-order valence-corrected chi connectivity index (χ3v) is 3.68. The van der Waals surface area contributed by atoms with Crippen LogP contribution in [0.5, 0.6) is 5.75 Å². The van der Waals surface area contributed by atoms with Crippen molar-refractivity contribution >= 4 is 23.0 Å². The molecular weight excluding hydrogens is 356 g/mol. The molecular formula is C17H16N4O6. The summed E-state index contributed by atoms with van der Waals surface area (Å²) in [6, 6.07) is 10.2. The molecule has 0 aromatic heterocycles. The first-order chi connectivity index (χ1) is 12.8. The maximum absolute atomic E-state index is 12.0. The van der Waals surface area contributed by atoms with E-state index in [1.54, 1.807) is 38.3 Å². The molecule has 140 valence electrons. The maximum atomic E-state index is 12.0. The molecule has 10 heteroatoms. The van der Waals surface area contributed by atoms with Crippen LogP contribution in [-0.2, 0) is 11.2 Å². The fraction of sp³-hybridized carbons (Fsp3) is 0.176. The van der Waals surface area contributed by atoms with Crippen LogP contribution in [0.1, 0.15) is 18.1 Å². The number of nitro benzene ring substituents is 2. The van der Waals surface area contributed by atoms with Gasteiger partial charge in [0.05, 0.1) is 35.2 Å². The Morgan fingerprint density at radius 2 is 1.78 bits per heavy atom. The molecule has 0 aliphatic heterocycles. The third kappa shape index (κ3) is 5.08. The Morgan fingerprint density at radius 1 is 1.11 bits per heavy atom. The molecule has 0 saturated carbocycles. The van der Waals surface area contributed by atoms with Crippen LogP contribution >= 0.6 is 0 Å². The number of ether oxygens (including phenoxy) is 1. The minimum Gasteiger partial charge on any atom is -0.497 e. The number of amides is 1. The lowest BCUT2D eigenvalue weighted by Gasteiger charge is -2.05. The van der Waals surface area contributed by atoms with Gasteiger partial charge in [0.1, 0.15) is 5.75 Å². The van der Waals surface area contributed by atoms with Crippen LogP contribution in [0.4, 0.5) is 11.4 Å². The number of nitrogens with one attached hydrogen (secondary N) is 1. The molecule has 0 aliphatic rings. The van der Waals surface area contributed by atoms with Crippen molar-refractivity contribution in [2.45, 2.75) is 13.3 Å². The molecule has 0 saturated heterocycles. The highest BCUT2D eigenvalue weighted by Crippen LogP contribution is 2.25. The molecule has 27 heavy (non-hydrogen) atoms. The number of methoxy groups -OCH3 is 1. The number of carbonyl (C=O) groups excluding carboxylic acids is 1. The van der Waals surface area contributed by atoms with Crippen LogP contribution in [0.3, 0.4) is 0 Å². The van der Waals surface area contributed by atoms with E-state index in [1.807, 2.05) is 0 Å². The zero-order valence-corrected chi connectivity index (χ0v) is 14.5. The van der Waals surface area contributed by atoms with Gasteiger partial charge in [-0.25, -0.2) is 5.43 Å². The second-order valence-electron chi connectivity index (χ2n) is 5.46. The van der Waals surface area contributed by atoms with E-state index in [2.05, 4.69) is 10.5 Å². The first kappa shape index (κ1) is 19.5. The van der Waals surface area contributed by atoms with Crippen LogP contribution < -0.4 is 10.2 Å². The van der Waals surface area contributed by atoms with Gasteiger partial charge in [-0.2, -0.15) is 5.10 Å². The van der Waals surface area contributed by atoms with Crippen LogP contribution in [0, 0.1) is 20.2 Å². The van der Waals surface area contributed by atoms with Crippen molar-refractivity contribution in [3.05, 3.63) is 73.8 Å². The smallest absolute Gasteiger partial charge is 0.279 e. The molecule has 0 radical (unpaired) electrons. The molecule has 0 fully saturated rings. The summed E-state index contributed by atoms with van der Waals surface area (Å²) in [5.74, 6) is 0.0980. The van der Waals surface area contributed by atoms with E-state index in [1.165, 1.54) is 6.07 Å². The van der Waals surface area contributed by atoms with Gasteiger partial charge in [0, 0.05) is 11.6 Å². The van der Waals surface area contributed by atoms with Crippen LogP contribution in [0.25, 0.3) is 0 Å². The van der Waals surface area contributed by atoms with Crippen molar-refractivity contribution in [1.29, 1.82) is 0 Å². The summed E-state index contributed by atoms with van der Waals surface area (Å²) >= 11 is 0. The Morgan fingerprint density at radius 3 is 2.33 bits per heavy atom. The highest BCUT2D eigenvalue weighted by Gasteiger charge is 2.21. The second kappa shape index (κ2) is 8.52. The van der Waals surface area contributed by atoms with Crippen molar-refractivity contribution < 1.29 is 19.4 Å². The fourth-order valence-electron chi connectivity index (χ4n) is 2.24. The number of nitro groups is 2. The molecule has 1 amide bonds. The van der Waals surface area contributed by atoms with Crippen molar-refractivity contribution in [3.8, 4) is 5.75 Å². The number of nitrogens with zero attached hydrogens (tertiary/aromatic N) is 3. The maximum Gasteiger partial charge on any atom is 0.279 e. The standard InChI is InChI=1S/C17H16N4O6/c1-11(12-4-7-15(27-2)8-5-12)18-19-17(22)9-13-3-6-14(20(23)24)10-16(13)21(25)26/h3-8,10H,9H2,1-2H3,(H,19,22). The molecule has 0 spiro atoms. The molecule has 0 aliphatic carbocycles. The van der Waals surface area contributed by atoms with Gasteiger partial charge in [0.2, 0.25) is 5.91 Å². The summed E-state index contributed by atoms with van der Waals surface area (Å²) in [5, 5.41) is 25.8. The zero-order valence-electron chi connectivity index (χ0n) is 14.5. The van der Waals surface area contributed by atoms with Gasteiger partial charge in [0.25, 0.3) is 11.4 Å². The van der Waals surface area contributed by atoms with E-state index in [0.717, 1.165) is 17.7 Å². The summed E-state index contributed by atoms with van der Waals surface area (Å²) in [4.78, 5) is 32.4. The van der Waals surface area contributed by atoms with Crippen molar-refractivity contribution in [2.24, 2.45) is 5.10 Å². The van der Waals surface area contributed by atoms with Gasteiger partial charge in [-0.1, -0.05) is 0 Å². The highest BCUT2D eigenvalue weighted by atomic mass is 16.6. The average Bonchev–Trinajstić information content (AvgIpc) is 2.66. The van der Waals surface area contributed by atoms with Crippen molar-refractivity contribution in [3.63, 3.8) is 0 Å². The Balaban J connectivity index is 2.10. The Bertz CT molecular complexity index is 908. The Labute approximate surface area is 153 Å². The Hall–Kier alpha value is -3.82. The lowest BCUT2D eigenvalue weighted by molar-refractivity contribution is -0.394. The lowest BCUT2D eigenvalue weighted by Crippen LogP contribution is -2.21. The van der Waals surface area contributed by atoms with Gasteiger partial charge < -0.3 is 4.74 Å². The molecule has 10 nitrogen and oxygen atoms in total. The predicted octanol–water partition coefficient (Wildman–Crippen LogP) is 2.59. The molecule has 2 aromatic carbocycles. The summed E-state index contributed by atoms with van der Waals surface area (Å²) in [5.41, 5.74) is 2.76. The summed E-state index contributed by atoms with van der Waals surface area (Å²) < 4.78 is 5.06. The van der Waals surface area contributed by atoms with Crippen LogP contribution in [0.15, 0.2) is 47.6 Å². The second-order valence-corrected chi connectivity index (χ2v) is 5.46. The van der Waals surface area contributed by atoms with Gasteiger partial charge >= 0.3 is 0 Å². The van der Waals surface area contributed by atoms with E-state index in [0.29, 0.717) is 11.5 Å². The minimum absolute atomic E-state index is 0.0559. The van der Waals surface area contributed by atoms with Gasteiger partial charge in [-0.15, -0.1) is 0 Å². The van der Waals surface area contributed by atoms with Crippen LogP contribution in [0.2, 0.25) is 0 Å². The van der Waals surface area contributed by atoms with Crippen molar-refractivity contribution in [2.75, 3.05) is 7.11 Å². The molecule has 0 unspecified atom stereocenters.